The standard InChI is InChI=1S/C26H24FN3O2/c1-32-23-6-7-25-24(16-23)21(17-29-25)9-12-28-26(31)8-5-19-10-13-30(14-11-19)18-20-3-2-4-22(27)15-20/h2-8,10-11,13-17,29H,9,12,18H2,1H3/p+1. The van der Waals surface area contributed by atoms with E-state index < -0.39 is 0 Å². The fourth-order valence-electron chi connectivity index (χ4n) is 3.57. The molecule has 0 spiro atoms. The van der Waals surface area contributed by atoms with Crippen LogP contribution >= 0.6 is 0 Å². The molecule has 162 valence electrons. The number of hydrogen-bond donors (Lipinski definition) is 2. The van der Waals surface area contributed by atoms with E-state index >= 15 is 0 Å². The lowest BCUT2D eigenvalue weighted by Gasteiger charge is -2.03. The van der Waals surface area contributed by atoms with Gasteiger partial charge >= 0.3 is 0 Å². The Bertz CT molecular complexity index is 1250. The van der Waals surface area contributed by atoms with E-state index in [1.54, 1.807) is 19.3 Å². The van der Waals surface area contributed by atoms with Crippen molar-refractivity contribution in [3.8, 4) is 5.75 Å². The van der Waals surface area contributed by atoms with E-state index in [2.05, 4.69) is 10.3 Å². The van der Waals surface area contributed by atoms with Gasteiger partial charge in [-0.05, 0) is 54.0 Å². The number of fused-ring (bicyclic) bond motifs is 1. The maximum atomic E-state index is 13.3. The number of benzene rings is 2. The molecule has 1 amide bonds. The average molecular weight is 431 g/mol. The van der Waals surface area contributed by atoms with Gasteiger partial charge in [-0.15, -0.1) is 0 Å². The fourth-order valence-corrected chi connectivity index (χ4v) is 3.57. The molecule has 0 aliphatic heterocycles. The summed E-state index contributed by atoms with van der Waals surface area (Å²) < 4.78 is 20.6. The van der Waals surface area contributed by atoms with E-state index in [1.807, 2.05) is 59.6 Å². The summed E-state index contributed by atoms with van der Waals surface area (Å²) in [7, 11) is 1.65. The number of carbonyl (C=O) groups is 1. The van der Waals surface area contributed by atoms with Crippen LogP contribution in [0.1, 0.15) is 16.7 Å². The van der Waals surface area contributed by atoms with Crippen LogP contribution < -0.4 is 14.6 Å². The summed E-state index contributed by atoms with van der Waals surface area (Å²) in [5.41, 5.74) is 3.99. The van der Waals surface area contributed by atoms with Gasteiger partial charge in [-0.2, -0.15) is 0 Å². The predicted octanol–water partition coefficient (Wildman–Crippen LogP) is 4.02. The first-order valence-corrected chi connectivity index (χ1v) is 10.4. The van der Waals surface area contributed by atoms with Gasteiger partial charge in [-0.3, -0.25) is 4.79 Å². The van der Waals surface area contributed by atoms with Crippen molar-refractivity contribution >= 4 is 22.9 Å². The highest BCUT2D eigenvalue weighted by atomic mass is 19.1. The molecule has 5 nitrogen and oxygen atoms in total. The number of methoxy groups -OCH3 is 1. The lowest BCUT2D eigenvalue weighted by Crippen LogP contribution is -2.33. The maximum absolute atomic E-state index is 13.3. The number of ether oxygens (including phenoxy) is 1. The van der Waals surface area contributed by atoms with Crippen LogP contribution in [0.25, 0.3) is 17.0 Å². The number of aromatic nitrogens is 2. The van der Waals surface area contributed by atoms with Crippen molar-refractivity contribution in [2.24, 2.45) is 0 Å². The summed E-state index contributed by atoms with van der Waals surface area (Å²) in [6, 6.07) is 16.3. The minimum atomic E-state index is -0.238. The highest BCUT2D eigenvalue weighted by Crippen LogP contribution is 2.23. The largest absolute Gasteiger partial charge is 0.497 e. The third kappa shape index (κ3) is 5.40. The predicted molar refractivity (Wildman–Crippen MR) is 123 cm³/mol. The number of H-pyrrole nitrogens is 1. The lowest BCUT2D eigenvalue weighted by atomic mass is 10.1. The molecular weight excluding hydrogens is 405 g/mol. The van der Waals surface area contributed by atoms with Crippen molar-refractivity contribution in [3.05, 3.63) is 102 Å². The zero-order valence-electron chi connectivity index (χ0n) is 17.8. The zero-order chi connectivity index (χ0) is 22.3. The van der Waals surface area contributed by atoms with Crippen molar-refractivity contribution in [3.63, 3.8) is 0 Å². The molecule has 4 aromatic rings. The Morgan fingerprint density at radius 1 is 1.16 bits per heavy atom. The first-order chi connectivity index (χ1) is 15.6. The van der Waals surface area contributed by atoms with Gasteiger partial charge in [0.15, 0.2) is 18.9 Å². The molecule has 0 atom stereocenters. The van der Waals surface area contributed by atoms with Gasteiger partial charge in [0.05, 0.1) is 7.11 Å². The van der Waals surface area contributed by atoms with Gasteiger partial charge in [0.2, 0.25) is 5.91 Å². The highest BCUT2D eigenvalue weighted by Gasteiger charge is 2.06. The first-order valence-electron chi connectivity index (χ1n) is 10.4. The molecule has 0 bridgehead atoms. The number of carbonyl (C=O) groups excluding carboxylic acids is 1. The molecule has 4 rings (SSSR count). The van der Waals surface area contributed by atoms with Crippen LogP contribution in [-0.4, -0.2) is 24.5 Å². The van der Waals surface area contributed by atoms with Crippen molar-refractivity contribution < 1.29 is 18.5 Å². The Morgan fingerprint density at radius 3 is 2.78 bits per heavy atom. The van der Waals surface area contributed by atoms with E-state index in [1.165, 1.54) is 18.2 Å². The number of nitrogens with zero attached hydrogens (tertiary/aromatic N) is 1. The Labute approximate surface area is 186 Å². The van der Waals surface area contributed by atoms with Gasteiger partial charge in [-0.1, -0.05) is 12.1 Å². The summed E-state index contributed by atoms with van der Waals surface area (Å²) >= 11 is 0. The van der Waals surface area contributed by atoms with Crippen LogP contribution in [0, 0.1) is 5.82 Å². The number of hydrogen-bond acceptors (Lipinski definition) is 2. The monoisotopic (exact) mass is 430 g/mol. The van der Waals surface area contributed by atoms with Gasteiger partial charge in [0.25, 0.3) is 0 Å². The second kappa shape index (κ2) is 9.92. The van der Waals surface area contributed by atoms with Crippen molar-refractivity contribution in [1.29, 1.82) is 0 Å². The Balaban J connectivity index is 1.28. The molecule has 2 aromatic heterocycles. The van der Waals surface area contributed by atoms with Crippen LogP contribution in [-0.2, 0) is 17.8 Å². The van der Waals surface area contributed by atoms with Crippen LogP contribution in [0.5, 0.6) is 5.75 Å². The third-order valence-electron chi connectivity index (χ3n) is 5.27. The van der Waals surface area contributed by atoms with E-state index in [4.69, 9.17) is 4.74 Å². The van der Waals surface area contributed by atoms with Crippen molar-refractivity contribution in [2.45, 2.75) is 13.0 Å². The molecule has 2 N–H and O–H groups in total. The summed E-state index contributed by atoms with van der Waals surface area (Å²) in [5.74, 6) is 0.433. The fraction of sp³-hybridized carbons (Fsp3) is 0.154. The molecule has 0 aliphatic carbocycles. The van der Waals surface area contributed by atoms with Crippen molar-refractivity contribution in [1.82, 2.24) is 10.3 Å². The summed E-state index contributed by atoms with van der Waals surface area (Å²) in [4.78, 5) is 15.4. The molecule has 0 unspecified atom stereocenters. The Morgan fingerprint density at radius 2 is 2.00 bits per heavy atom. The van der Waals surface area contributed by atoms with Crippen molar-refractivity contribution in [2.75, 3.05) is 13.7 Å². The van der Waals surface area contributed by atoms with Gasteiger partial charge in [0, 0.05) is 47.4 Å². The normalized spacial score (nSPS) is 11.2. The van der Waals surface area contributed by atoms with Gasteiger partial charge < -0.3 is 15.0 Å². The average Bonchev–Trinajstić information content (AvgIpc) is 3.21. The molecule has 0 radical (unpaired) electrons. The molecule has 32 heavy (non-hydrogen) atoms. The van der Waals surface area contributed by atoms with Gasteiger partial charge in [-0.25, -0.2) is 8.96 Å². The molecule has 2 aromatic carbocycles. The maximum Gasteiger partial charge on any atom is 0.244 e. The number of rotatable bonds is 8. The Hall–Kier alpha value is -3.93. The first kappa shape index (κ1) is 21.3. The topological polar surface area (TPSA) is 58.0 Å². The van der Waals surface area contributed by atoms with Crippen LogP contribution in [0.4, 0.5) is 4.39 Å². The number of pyridine rings is 1. The molecule has 0 saturated heterocycles. The number of amides is 1. The third-order valence-corrected chi connectivity index (χ3v) is 5.27. The number of nitrogens with one attached hydrogen (secondary N) is 2. The zero-order valence-corrected chi connectivity index (χ0v) is 17.8. The van der Waals surface area contributed by atoms with E-state index in [0.717, 1.165) is 39.8 Å². The summed E-state index contributed by atoms with van der Waals surface area (Å²) in [6.45, 7) is 1.12. The molecular formula is C26H25FN3O2+. The molecule has 6 heteroatoms. The molecule has 2 heterocycles. The lowest BCUT2D eigenvalue weighted by molar-refractivity contribution is -0.688. The van der Waals surface area contributed by atoms with Gasteiger partial charge in [0.1, 0.15) is 11.6 Å². The van der Waals surface area contributed by atoms with E-state index in [0.29, 0.717) is 13.1 Å². The van der Waals surface area contributed by atoms with E-state index in [-0.39, 0.29) is 11.7 Å². The second-order valence-corrected chi connectivity index (χ2v) is 7.53. The number of halogens is 1. The minimum Gasteiger partial charge on any atom is -0.497 e. The minimum absolute atomic E-state index is 0.140. The molecule has 0 saturated carbocycles. The quantitative estimate of drug-likeness (QED) is 0.328. The van der Waals surface area contributed by atoms with Crippen LogP contribution in [0.3, 0.4) is 0 Å². The molecule has 0 aliphatic rings. The smallest absolute Gasteiger partial charge is 0.244 e. The summed E-state index contributed by atoms with van der Waals surface area (Å²) in [6.07, 6.45) is 9.82. The van der Waals surface area contributed by atoms with Crippen LogP contribution in [0.15, 0.2) is 79.3 Å². The van der Waals surface area contributed by atoms with E-state index in [9.17, 15) is 9.18 Å². The number of aromatic amines is 1. The summed E-state index contributed by atoms with van der Waals surface area (Å²) in [5, 5.41) is 4.02. The second-order valence-electron chi connectivity index (χ2n) is 7.53. The van der Waals surface area contributed by atoms with Crippen LogP contribution in [0.2, 0.25) is 0 Å². The SMILES string of the molecule is COc1ccc2[nH]cc(CCNC(=O)C=Cc3cc[n+](Cc4cccc(F)c4)cc3)c2c1. The Kier molecular flexibility index (Phi) is 6.60. The molecule has 0 fully saturated rings. The highest BCUT2D eigenvalue weighted by molar-refractivity contribution is 5.91.